The average molecular weight is 326 g/mol. The fourth-order valence-electron chi connectivity index (χ4n) is 3.94. The van der Waals surface area contributed by atoms with Gasteiger partial charge in [-0.1, -0.05) is 51.1 Å². The van der Waals surface area contributed by atoms with Gasteiger partial charge in [0.15, 0.2) is 0 Å². The lowest BCUT2D eigenvalue weighted by Crippen LogP contribution is -2.48. The minimum absolute atomic E-state index is 0.132. The molecule has 1 heterocycles. The van der Waals surface area contributed by atoms with Gasteiger partial charge in [-0.25, -0.2) is 0 Å². The van der Waals surface area contributed by atoms with Crippen LogP contribution in [0.25, 0.3) is 10.8 Å². The molecule has 1 N–H and O–H groups in total. The molecule has 0 aliphatic carbocycles. The summed E-state index contributed by atoms with van der Waals surface area (Å²) in [6.45, 7) is 14.1. The summed E-state index contributed by atoms with van der Waals surface area (Å²) in [6.07, 6.45) is 0. The highest BCUT2D eigenvalue weighted by molar-refractivity contribution is 5.88. The molecule has 0 spiro atoms. The summed E-state index contributed by atoms with van der Waals surface area (Å²) >= 11 is 0. The van der Waals surface area contributed by atoms with Gasteiger partial charge in [0, 0.05) is 37.8 Å². The van der Waals surface area contributed by atoms with Crippen molar-refractivity contribution in [2.24, 2.45) is 5.41 Å². The number of hydrogen-bond acceptors (Lipinski definition) is 3. The van der Waals surface area contributed by atoms with E-state index in [0.29, 0.717) is 12.6 Å². The van der Waals surface area contributed by atoms with Crippen LogP contribution >= 0.6 is 0 Å². The van der Waals surface area contributed by atoms with Gasteiger partial charge in [-0.3, -0.25) is 4.90 Å². The molecule has 2 aromatic rings. The van der Waals surface area contributed by atoms with E-state index in [2.05, 4.69) is 74.3 Å². The van der Waals surface area contributed by atoms with Crippen molar-refractivity contribution in [2.45, 2.75) is 33.7 Å². The molecule has 3 nitrogen and oxygen atoms in total. The summed E-state index contributed by atoms with van der Waals surface area (Å²) in [4.78, 5) is 2.63. The third-order valence-electron chi connectivity index (χ3n) is 4.84. The van der Waals surface area contributed by atoms with Gasteiger partial charge in [0.2, 0.25) is 0 Å². The molecular weight excluding hydrogens is 296 g/mol. The maximum atomic E-state index is 6.07. The molecule has 3 heteroatoms. The molecule has 1 aliphatic heterocycles. The van der Waals surface area contributed by atoms with Gasteiger partial charge in [-0.15, -0.1) is 0 Å². The highest BCUT2D eigenvalue weighted by atomic mass is 16.5. The van der Waals surface area contributed by atoms with E-state index in [-0.39, 0.29) is 5.41 Å². The second-order valence-electron chi connectivity index (χ2n) is 7.69. The van der Waals surface area contributed by atoms with Crippen molar-refractivity contribution in [3.05, 3.63) is 42.0 Å². The molecule has 24 heavy (non-hydrogen) atoms. The summed E-state index contributed by atoms with van der Waals surface area (Å²) in [5.74, 6) is 1.04. The molecule has 0 unspecified atom stereocenters. The Morgan fingerprint density at radius 1 is 1.08 bits per heavy atom. The van der Waals surface area contributed by atoms with Crippen LogP contribution in [0.1, 0.15) is 39.3 Å². The molecule has 0 amide bonds. The maximum absolute atomic E-state index is 6.07. The molecule has 0 radical (unpaired) electrons. The zero-order valence-corrected chi connectivity index (χ0v) is 15.4. The predicted octanol–water partition coefficient (Wildman–Crippen LogP) is 4.23. The van der Waals surface area contributed by atoms with E-state index in [1.807, 2.05) is 0 Å². The van der Waals surface area contributed by atoms with Crippen molar-refractivity contribution in [1.82, 2.24) is 10.2 Å². The third-order valence-corrected chi connectivity index (χ3v) is 4.84. The van der Waals surface area contributed by atoms with Gasteiger partial charge in [0.05, 0.1) is 6.61 Å². The second kappa shape index (κ2) is 7.12. The average Bonchev–Trinajstić information content (AvgIpc) is 2.57. The lowest BCUT2D eigenvalue weighted by molar-refractivity contribution is 0.0847. The monoisotopic (exact) mass is 326 g/mol. The zero-order chi connectivity index (χ0) is 17.2. The number of benzene rings is 2. The molecule has 0 saturated carbocycles. The predicted molar refractivity (Wildman–Crippen MR) is 102 cm³/mol. The summed E-state index contributed by atoms with van der Waals surface area (Å²) in [5, 5.41) is 6.09. The first-order valence-corrected chi connectivity index (χ1v) is 9.11. The van der Waals surface area contributed by atoms with E-state index < -0.39 is 0 Å². The number of nitrogens with one attached hydrogen (secondary N) is 1. The van der Waals surface area contributed by atoms with E-state index >= 15 is 0 Å². The van der Waals surface area contributed by atoms with Crippen LogP contribution in [-0.4, -0.2) is 37.7 Å². The molecular formula is C21H30N2O. The topological polar surface area (TPSA) is 24.5 Å². The fourth-order valence-corrected chi connectivity index (χ4v) is 3.94. The molecule has 1 fully saturated rings. The van der Waals surface area contributed by atoms with Gasteiger partial charge < -0.3 is 10.1 Å². The zero-order valence-electron chi connectivity index (χ0n) is 15.4. The number of rotatable bonds is 4. The Labute approximate surface area is 146 Å². The molecule has 1 saturated heterocycles. The third kappa shape index (κ3) is 3.42. The number of hydrogen-bond donors (Lipinski definition) is 1. The van der Waals surface area contributed by atoms with Crippen LogP contribution in [0, 0.1) is 5.41 Å². The molecule has 1 atom stereocenters. The van der Waals surface area contributed by atoms with E-state index in [1.165, 1.54) is 16.3 Å². The smallest absolute Gasteiger partial charge is 0.124 e. The van der Waals surface area contributed by atoms with Gasteiger partial charge in [0.1, 0.15) is 5.75 Å². The highest BCUT2D eigenvalue weighted by Gasteiger charge is 2.35. The highest BCUT2D eigenvalue weighted by Crippen LogP contribution is 2.45. The molecule has 0 aromatic heterocycles. The lowest BCUT2D eigenvalue weighted by Gasteiger charge is -2.43. The van der Waals surface area contributed by atoms with Crippen LogP contribution < -0.4 is 10.1 Å². The van der Waals surface area contributed by atoms with E-state index in [1.54, 1.807) is 0 Å². The van der Waals surface area contributed by atoms with Crippen LogP contribution in [0.15, 0.2) is 36.4 Å². The summed E-state index contributed by atoms with van der Waals surface area (Å²) < 4.78 is 6.07. The Balaban J connectivity index is 2.19. The van der Waals surface area contributed by atoms with Gasteiger partial charge in [-0.2, -0.15) is 0 Å². The Bertz CT molecular complexity index is 684. The Hall–Kier alpha value is -1.58. The van der Waals surface area contributed by atoms with Gasteiger partial charge in [-0.05, 0) is 29.2 Å². The van der Waals surface area contributed by atoms with Gasteiger partial charge in [0.25, 0.3) is 0 Å². The minimum atomic E-state index is 0.132. The summed E-state index contributed by atoms with van der Waals surface area (Å²) in [5.41, 5.74) is 1.48. The van der Waals surface area contributed by atoms with E-state index in [9.17, 15) is 0 Å². The van der Waals surface area contributed by atoms with Crippen molar-refractivity contribution in [3.63, 3.8) is 0 Å². The van der Waals surface area contributed by atoms with Crippen LogP contribution in [0.5, 0.6) is 5.75 Å². The van der Waals surface area contributed by atoms with Gasteiger partial charge >= 0.3 is 0 Å². The quantitative estimate of drug-likeness (QED) is 0.910. The number of nitrogens with zero attached hydrogens (tertiary/aromatic N) is 1. The second-order valence-corrected chi connectivity index (χ2v) is 7.69. The van der Waals surface area contributed by atoms with E-state index in [4.69, 9.17) is 4.74 Å². The molecule has 0 bridgehead atoms. The number of fused-ring (bicyclic) bond motifs is 1. The van der Waals surface area contributed by atoms with E-state index in [0.717, 1.165) is 31.9 Å². The van der Waals surface area contributed by atoms with Crippen LogP contribution in [-0.2, 0) is 0 Å². The van der Waals surface area contributed by atoms with Crippen molar-refractivity contribution in [1.29, 1.82) is 0 Å². The van der Waals surface area contributed by atoms with Crippen molar-refractivity contribution in [3.8, 4) is 5.75 Å². The molecule has 130 valence electrons. The SMILES string of the molecule is CCOc1ccc2ccccc2c1[C@@H](N1CCNCC1)C(C)(C)C. The van der Waals surface area contributed by atoms with Crippen molar-refractivity contribution < 1.29 is 4.74 Å². The number of piperazine rings is 1. The maximum Gasteiger partial charge on any atom is 0.124 e. The van der Waals surface area contributed by atoms with Crippen LogP contribution in [0.2, 0.25) is 0 Å². The van der Waals surface area contributed by atoms with Crippen LogP contribution in [0.3, 0.4) is 0 Å². The number of ether oxygens (including phenoxy) is 1. The fraction of sp³-hybridized carbons (Fsp3) is 0.524. The molecule has 2 aromatic carbocycles. The summed E-state index contributed by atoms with van der Waals surface area (Å²) in [7, 11) is 0. The van der Waals surface area contributed by atoms with Crippen molar-refractivity contribution in [2.75, 3.05) is 32.8 Å². The first-order chi connectivity index (χ1) is 11.5. The standard InChI is InChI=1S/C21H30N2O/c1-5-24-18-11-10-16-8-6-7-9-17(16)19(18)20(21(2,3)4)23-14-12-22-13-15-23/h6-11,20,22H,5,12-15H2,1-4H3/t20-/m1/s1. The molecule has 1 aliphatic rings. The Morgan fingerprint density at radius 3 is 2.46 bits per heavy atom. The first kappa shape index (κ1) is 17.2. The minimum Gasteiger partial charge on any atom is -0.494 e. The Morgan fingerprint density at radius 2 is 1.79 bits per heavy atom. The largest absolute Gasteiger partial charge is 0.494 e. The summed E-state index contributed by atoms with van der Waals surface area (Å²) in [6, 6.07) is 13.4. The normalized spacial score (nSPS) is 17.8. The molecule has 3 rings (SSSR count). The Kier molecular flexibility index (Phi) is 5.12. The first-order valence-electron chi connectivity index (χ1n) is 9.11. The van der Waals surface area contributed by atoms with Crippen LogP contribution in [0.4, 0.5) is 0 Å². The van der Waals surface area contributed by atoms with Crippen molar-refractivity contribution >= 4 is 10.8 Å². The lowest BCUT2D eigenvalue weighted by atomic mass is 9.79.